The van der Waals surface area contributed by atoms with Crippen LogP contribution < -0.4 is 10.6 Å². The predicted molar refractivity (Wildman–Crippen MR) is 124 cm³/mol. The van der Waals surface area contributed by atoms with E-state index in [4.69, 9.17) is 4.74 Å². The van der Waals surface area contributed by atoms with E-state index in [0.717, 1.165) is 11.8 Å². The van der Waals surface area contributed by atoms with E-state index in [2.05, 4.69) is 59.3 Å². The van der Waals surface area contributed by atoms with Gasteiger partial charge in [-0.1, -0.05) is 27.7 Å². The molecule has 5 fully saturated rings. The first kappa shape index (κ1) is 21.7. The predicted octanol–water partition coefficient (Wildman–Crippen LogP) is 5.25. The number of methoxy groups -OCH3 is 1. The van der Waals surface area contributed by atoms with Crippen molar-refractivity contribution in [2.45, 2.75) is 104 Å². The van der Waals surface area contributed by atoms with E-state index in [1.54, 1.807) is 0 Å². The molecule has 30 heavy (non-hydrogen) atoms. The van der Waals surface area contributed by atoms with Crippen molar-refractivity contribution in [3.05, 3.63) is 0 Å². The molecule has 0 aromatic rings. The molecule has 3 nitrogen and oxygen atoms in total. The first-order valence-corrected chi connectivity index (χ1v) is 13.0. The van der Waals surface area contributed by atoms with Crippen molar-refractivity contribution < 1.29 is 4.74 Å². The van der Waals surface area contributed by atoms with Crippen molar-refractivity contribution in [1.82, 2.24) is 10.6 Å². The van der Waals surface area contributed by atoms with E-state index in [0.29, 0.717) is 51.2 Å². The van der Waals surface area contributed by atoms with Crippen molar-refractivity contribution in [3.8, 4) is 0 Å². The van der Waals surface area contributed by atoms with E-state index in [1.165, 1.54) is 51.4 Å². The molecule has 0 amide bonds. The Morgan fingerprint density at radius 2 is 1.53 bits per heavy atom. The van der Waals surface area contributed by atoms with Crippen LogP contribution in [0.5, 0.6) is 0 Å². The fourth-order valence-corrected chi connectivity index (χ4v) is 11.2. The summed E-state index contributed by atoms with van der Waals surface area (Å²) >= 11 is 0. The molecule has 0 aliphatic heterocycles. The molecular weight excluding hydrogens is 368 g/mol. The Balaban J connectivity index is 1.52. The highest BCUT2D eigenvalue weighted by Gasteiger charge is 2.82. The van der Waals surface area contributed by atoms with Crippen molar-refractivity contribution in [2.75, 3.05) is 21.2 Å². The number of nitrogens with one attached hydrogen (secondary N) is 2. The second-order valence-electron chi connectivity index (χ2n) is 13.3. The molecule has 5 saturated carbocycles. The minimum atomic E-state index is 0.389. The smallest absolute Gasteiger partial charge is 0.0625 e. The van der Waals surface area contributed by atoms with E-state index in [9.17, 15) is 0 Å². The van der Waals surface area contributed by atoms with Gasteiger partial charge in [0.25, 0.3) is 0 Å². The highest BCUT2D eigenvalue weighted by atomic mass is 16.5. The highest BCUT2D eigenvalue weighted by Crippen LogP contribution is 2.88. The van der Waals surface area contributed by atoms with Crippen LogP contribution in [0.15, 0.2) is 0 Å². The third-order valence-electron chi connectivity index (χ3n) is 12.8. The summed E-state index contributed by atoms with van der Waals surface area (Å²) in [6.07, 6.45) is 11.8. The zero-order valence-electron chi connectivity index (χ0n) is 21.0. The van der Waals surface area contributed by atoms with Gasteiger partial charge < -0.3 is 15.4 Å². The molecule has 0 aromatic carbocycles. The topological polar surface area (TPSA) is 33.3 Å². The third-order valence-corrected chi connectivity index (χ3v) is 12.8. The number of ether oxygens (including phenoxy) is 1. The number of fused-ring (bicyclic) bond motifs is 2. The maximum Gasteiger partial charge on any atom is 0.0625 e. The number of hydrogen-bond acceptors (Lipinski definition) is 3. The zero-order chi connectivity index (χ0) is 21.7. The monoisotopic (exact) mass is 416 g/mol. The number of rotatable bonds is 4. The van der Waals surface area contributed by atoms with Crippen molar-refractivity contribution in [2.24, 2.45) is 44.8 Å². The van der Waals surface area contributed by atoms with Crippen molar-refractivity contribution in [3.63, 3.8) is 0 Å². The Hall–Kier alpha value is -0.120. The van der Waals surface area contributed by atoms with Gasteiger partial charge in [-0.15, -0.1) is 0 Å². The van der Waals surface area contributed by atoms with Crippen molar-refractivity contribution in [1.29, 1.82) is 0 Å². The van der Waals surface area contributed by atoms with Gasteiger partial charge in [-0.3, -0.25) is 0 Å². The molecule has 5 rings (SSSR count). The van der Waals surface area contributed by atoms with Gasteiger partial charge in [0.15, 0.2) is 0 Å². The maximum absolute atomic E-state index is 6.21. The summed E-state index contributed by atoms with van der Waals surface area (Å²) in [4.78, 5) is 0. The molecule has 0 bridgehead atoms. The summed E-state index contributed by atoms with van der Waals surface area (Å²) in [6, 6.07) is 1.21. The molecule has 10 atom stereocenters. The molecule has 2 N–H and O–H groups in total. The van der Waals surface area contributed by atoms with Gasteiger partial charge in [-0.05, 0) is 111 Å². The Kier molecular flexibility index (Phi) is 4.69. The molecular formula is C27H48N2O. The van der Waals surface area contributed by atoms with Crippen LogP contribution in [0.25, 0.3) is 0 Å². The van der Waals surface area contributed by atoms with E-state index in [1.807, 2.05) is 7.11 Å². The molecule has 0 saturated heterocycles. The van der Waals surface area contributed by atoms with Crippen LogP contribution >= 0.6 is 0 Å². The minimum absolute atomic E-state index is 0.389. The molecule has 3 heteroatoms. The van der Waals surface area contributed by atoms with Crippen LogP contribution in [0.1, 0.15) is 86.0 Å². The molecule has 0 radical (unpaired) electrons. The maximum atomic E-state index is 6.21. The third kappa shape index (κ3) is 2.24. The lowest BCUT2D eigenvalue weighted by Gasteiger charge is -2.63. The second kappa shape index (κ2) is 6.48. The number of hydrogen-bond donors (Lipinski definition) is 2. The van der Waals surface area contributed by atoms with Gasteiger partial charge >= 0.3 is 0 Å². The quantitative estimate of drug-likeness (QED) is 0.657. The Morgan fingerprint density at radius 3 is 2.17 bits per heavy atom. The Morgan fingerprint density at radius 1 is 0.867 bits per heavy atom. The molecule has 5 aliphatic rings. The fourth-order valence-electron chi connectivity index (χ4n) is 11.2. The molecule has 2 spiro atoms. The lowest BCUT2D eigenvalue weighted by Crippen LogP contribution is -2.59. The first-order valence-electron chi connectivity index (χ1n) is 13.0. The highest BCUT2D eigenvalue weighted by molar-refractivity contribution is 5.31. The molecule has 0 aromatic heterocycles. The van der Waals surface area contributed by atoms with Gasteiger partial charge in [0.1, 0.15) is 0 Å². The fraction of sp³-hybridized carbons (Fsp3) is 1.00. The van der Waals surface area contributed by atoms with E-state index >= 15 is 0 Å². The van der Waals surface area contributed by atoms with Crippen LogP contribution in [-0.4, -0.2) is 39.4 Å². The second-order valence-corrected chi connectivity index (χ2v) is 13.3. The van der Waals surface area contributed by atoms with Crippen LogP contribution in [0.2, 0.25) is 0 Å². The first-order chi connectivity index (χ1) is 14.1. The summed E-state index contributed by atoms with van der Waals surface area (Å²) in [5.74, 6) is 2.43. The van der Waals surface area contributed by atoms with Gasteiger partial charge in [0, 0.05) is 25.1 Å². The average molecular weight is 417 g/mol. The molecule has 172 valence electrons. The standard InChI is InChI=1S/C27H48N2O/c1-17(28-6)22-18(30-8)15-25(5)20-10-9-19-23(2,3)21(29-7)11-12-26(19)16-27(20,26)14-13-24(22,25)4/h17-22,28-29H,9-16H2,1-8H3. The summed E-state index contributed by atoms with van der Waals surface area (Å²) in [7, 11) is 6.30. The normalized spacial score (nSPS) is 57.0. The minimum Gasteiger partial charge on any atom is -0.381 e. The zero-order valence-corrected chi connectivity index (χ0v) is 21.0. The molecule has 5 aliphatic carbocycles. The Bertz CT molecular complexity index is 707. The summed E-state index contributed by atoms with van der Waals surface area (Å²) in [6.45, 7) is 12.9. The van der Waals surface area contributed by atoms with Crippen LogP contribution in [0, 0.1) is 44.8 Å². The van der Waals surface area contributed by atoms with Gasteiger partial charge in [0.05, 0.1) is 6.10 Å². The summed E-state index contributed by atoms with van der Waals surface area (Å²) in [5, 5.41) is 7.32. The van der Waals surface area contributed by atoms with Gasteiger partial charge in [-0.2, -0.15) is 0 Å². The summed E-state index contributed by atoms with van der Waals surface area (Å²) < 4.78 is 6.21. The van der Waals surface area contributed by atoms with Gasteiger partial charge in [0.2, 0.25) is 0 Å². The van der Waals surface area contributed by atoms with Crippen LogP contribution in [0.4, 0.5) is 0 Å². The van der Waals surface area contributed by atoms with E-state index < -0.39 is 0 Å². The largest absolute Gasteiger partial charge is 0.381 e. The lowest BCUT2D eigenvalue weighted by atomic mass is 9.42. The van der Waals surface area contributed by atoms with Crippen molar-refractivity contribution >= 4 is 0 Å². The van der Waals surface area contributed by atoms with E-state index in [-0.39, 0.29) is 0 Å². The van der Waals surface area contributed by atoms with Crippen LogP contribution in [0.3, 0.4) is 0 Å². The lowest BCUT2D eigenvalue weighted by molar-refractivity contribution is -0.144. The molecule has 10 unspecified atom stereocenters. The summed E-state index contributed by atoms with van der Waals surface area (Å²) in [5.41, 5.74) is 2.51. The SMILES string of the molecule is CNC(C)C1C(OC)CC2(C)C3CCC4C(C)(C)C(NC)CCC45CC35CCC12C. The molecule has 0 heterocycles. The van der Waals surface area contributed by atoms with Crippen LogP contribution in [-0.2, 0) is 4.74 Å². The average Bonchev–Trinajstić information content (AvgIpc) is 3.31. The Labute approximate surface area is 185 Å². The van der Waals surface area contributed by atoms with Gasteiger partial charge in [-0.25, -0.2) is 0 Å².